The minimum Gasteiger partial charge on any atom is -0.494 e. The quantitative estimate of drug-likeness (QED) is 0.493. The highest BCUT2D eigenvalue weighted by Gasteiger charge is 2.27. The second-order valence-corrected chi connectivity index (χ2v) is 9.75. The molecule has 0 saturated carbocycles. The van der Waals surface area contributed by atoms with Crippen molar-refractivity contribution in [1.29, 1.82) is 0 Å². The van der Waals surface area contributed by atoms with Crippen LogP contribution in [0.2, 0.25) is 0 Å². The zero-order valence-corrected chi connectivity index (χ0v) is 20.2. The van der Waals surface area contributed by atoms with E-state index < -0.39 is 15.9 Å². The summed E-state index contributed by atoms with van der Waals surface area (Å²) in [5.41, 5.74) is 3.34. The standard InChI is InChI=1S/C26H30N2O4S/c1-5-32-24-15-12-22(13-16-24)21(4)27-26(29)18-28(23-14-11-19(2)20(3)17-23)33(30,31)25-9-7-6-8-10-25/h6-17,21H,5,18H2,1-4H3,(H,27,29)/t21-/m1/s1. The number of anilines is 1. The average molecular weight is 467 g/mol. The van der Waals surface area contributed by atoms with Crippen LogP contribution in [0, 0.1) is 13.8 Å². The Labute approximate surface area is 196 Å². The molecule has 0 fully saturated rings. The molecule has 0 aromatic heterocycles. The molecule has 0 unspecified atom stereocenters. The van der Waals surface area contributed by atoms with Crippen LogP contribution in [0.1, 0.15) is 36.6 Å². The highest BCUT2D eigenvalue weighted by atomic mass is 32.2. The van der Waals surface area contributed by atoms with Gasteiger partial charge < -0.3 is 10.1 Å². The lowest BCUT2D eigenvalue weighted by Crippen LogP contribution is -2.41. The van der Waals surface area contributed by atoms with E-state index in [0.29, 0.717) is 12.3 Å². The molecular weight excluding hydrogens is 436 g/mol. The third-order valence-corrected chi connectivity index (χ3v) is 7.25. The molecule has 0 spiro atoms. The normalized spacial score (nSPS) is 12.1. The summed E-state index contributed by atoms with van der Waals surface area (Å²) in [4.78, 5) is 13.1. The Bertz CT molecular complexity index is 1190. The molecule has 0 aliphatic rings. The van der Waals surface area contributed by atoms with E-state index >= 15 is 0 Å². The second kappa shape index (κ2) is 10.5. The molecule has 0 aliphatic heterocycles. The maximum absolute atomic E-state index is 13.5. The van der Waals surface area contributed by atoms with Crippen LogP contribution in [-0.4, -0.2) is 27.5 Å². The number of benzene rings is 3. The Balaban J connectivity index is 1.85. The molecule has 3 rings (SSSR count). The van der Waals surface area contributed by atoms with E-state index in [-0.39, 0.29) is 17.5 Å². The Morgan fingerprint density at radius 1 is 0.970 bits per heavy atom. The predicted molar refractivity (Wildman–Crippen MR) is 131 cm³/mol. The van der Waals surface area contributed by atoms with Gasteiger partial charge in [-0.3, -0.25) is 9.10 Å². The van der Waals surface area contributed by atoms with Gasteiger partial charge in [-0.2, -0.15) is 0 Å². The number of carbonyl (C=O) groups excluding carboxylic acids is 1. The Hall–Kier alpha value is -3.32. The van der Waals surface area contributed by atoms with Gasteiger partial charge in [0.2, 0.25) is 5.91 Å². The van der Waals surface area contributed by atoms with Gasteiger partial charge in [0.15, 0.2) is 0 Å². The first-order valence-corrected chi connectivity index (χ1v) is 12.3. The van der Waals surface area contributed by atoms with E-state index in [4.69, 9.17) is 4.74 Å². The van der Waals surface area contributed by atoms with E-state index in [0.717, 1.165) is 26.7 Å². The van der Waals surface area contributed by atoms with E-state index in [1.807, 2.05) is 58.0 Å². The lowest BCUT2D eigenvalue weighted by Gasteiger charge is -2.25. The van der Waals surface area contributed by atoms with Gasteiger partial charge in [-0.05, 0) is 80.8 Å². The van der Waals surface area contributed by atoms with Crippen LogP contribution >= 0.6 is 0 Å². The molecule has 7 heteroatoms. The molecule has 1 amide bonds. The lowest BCUT2D eigenvalue weighted by molar-refractivity contribution is -0.120. The Morgan fingerprint density at radius 2 is 1.64 bits per heavy atom. The van der Waals surface area contributed by atoms with Crippen molar-refractivity contribution in [1.82, 2.24) is 5.32 Å². The number of hydrogen-bond acceptors (Lipinski definition) is 4. The summed E-state index contributed by atoms with van der Waals surface area (Å²) in [5.74, 6) is 0.365. The van der Waals surface area contributed by atoms with Crippen LogP contribution in [0.4, 0.5) is 5.69 Å². The van der Waals surface area contributed by atoms with Gasteiger partial charge in [0.05, 0.1) is 23.2 Å². The maximum atomic E-state index is 13.5. The number of amides is 1. The van der Waals surface area contributed by atoms with Gasteiger partial charge >= 0.3 is 0 Å². The number of nitrogens with one attached hydrogen (secondary N) is 1. The van der Waals surface area contributed by atoms with Crippen molar-refractivity contribution >= 4 is 21.6 Å². The lowest BCUT2D eigenvalue weighted by atomic mass is 10.1. The molecule has 1 atom stereocenters. The monoisotopic (exact) mass is 466 g/mol. The molecule has 0 saturated heterocycles. The topological polar surface area (TPSA) is 75.7 Å². The molecule has 0 bridgehead atoms. The van der Waals surface area contributed by atoms with Crippen LogP contribution in [0.15, 0.2) is 77.7 Å². The molecule has 6 nitrogen and oxygen atoms in total. The van der Waals surface area contributed by atoms with Crippen molar-refractivity contribution < 1.29 is 17.9 Å². The third kappa shape index (κ3) is 5.93. The number of hydrogen-bond donors (Lipinski definition) is 1. The summed E-state index contributed by atoms with van der Waals surface area (Å²) >= 11 is 0. The highest BCUT2D eigenvalue weighted by Crippen LogP contribution is 2.26. The maximum Gasteiger partial charge on any atom is 0.264 e. The van der Waals surface area contributed by atoms with Gasteiger partial charge in [0, 0.05) is 0 Å². The van der Waals surface area contributed by atoms with E-state index in [2.05, 4.69) is 5.32 Å². The Kier molecular flexibility index (Phi) is 7.76. The molecule has 1 N–H and O–H groups in total. The van der Waals surface area contributed by atoms with Gasteiger partial charge in [-0.25, -0.2) is 8.42 Å². The molecule has 0 aliphatic carbocycles. The van der Waals surface area contributed by atoms with Crippen LogP contribution < -0.4 is 14.4 Å². The fraction of sp³-hybridized carbons (Fsp3) is 0.269. The number of carbonyl (C=O) groups is 1. The number of ether oxygens (including phenoxy) is 1. The Morgan fingerprint density at radius 3 is 2.24 bits per heavy atom. The number of sulfonamides is 1. The first-order valence-electron chi connectivity index (χ1n) is 10.9. The fourth-order valence-electron chi connectivity index (χ4n) is 3.44. The van der Waals surface area contributed by atoms with Gasteiger partial charge in [0.25, 0.3) is 10.0 Å². The fourth-order valence-corrected chi connectivity index (χ4v) is 4.87. The summed E-state index contributed by atoms with van der Waals surface area (Å²) in [6.45, 7) is 7.90. The number of nitrogens with zero attached hydrogens (tertiary/aromatic N) is 1. The van der Waals surface area contributed by atoms with Crippen LogP contribution in [0.25, 0.3) is 0 Å². The first kappa shape index (κ1) is 24.3. The van der Waals surface area contributed by atoms with E-state index in [1.54, 1.807) is 30.3 Å². The van der Waals surface area contributed by atoms with E-state index in [1.165, 1.54) is 12.1 Å². The van der Waals surface area contributed by atoms with Crippen molar-refractivity contribution in [3.8, 4) is 5.75 Å². The van der Waals surface area contributed by atoms with E-state index in [9.17, 15) is 13.2 Å². The van der Waals surface area contributed by atoms with Crippen molar-refractivity contribution in [2.24, 2.45) is 0 Å². The van der Waals surface area contributed by atoms with Crippen LogP contribution in [0.3, 0.4) is 0 Å². The van der Waals surface area contributed by atoms with Gasteiger partial charge in [-0.1, -0.05) is 36.4 Å². The molecular formula is C26H30N2O4S. The van der Waals surface area contributed by atoms with Gasteiger partial charge in [-0.15, -0.1) is 0 Å². The molecule has 3 aromatic carbocycles. The highest BCUT2D eigenvalue weighted by molar-refractivity contribution is 7.92. The largest absolute Gasteiger partial charge is 0.494 e. The first-order chi connectivity index (χ1) is 15.7. The smallest absolute Gasteiger partial charge is 0.264 e. The minimum absolute atomic E-state index is 0.135. The van der Waals surface area contributed by atoms with Crippen molar-refractivity contribution in [2.75, 3.05) is 17.5 Å². The number of aryl methyl sites for hydroxylation is 2. The molecule has 174 valence electrons. The summed E-state index contributed by atoms with van der Waals surface area (Å²) in [5, 5.41) is 2.91. The zero-order chi connectivity index (χ0) is 24.0. The zero-order valence-electron chi connectivity index (χ0n) is 19.4. The van der Waals surface area contributed by atoms with Crippen molar-refractivity contribution in [3.05, 3.63) is 89.5 Å². The summed E-state index contributed by atoms with van der Waals surface area (Å²) in [6, 6.07) is 20.7. The predicted octanol–water partition coefficient (Wildman–Crippen LogP) is 4.77. The summed E-state index contributed by atoms with van der Waals surface area (Å²) < 4.78 is 33.5. The average Bonchev–Trinajstić information content (AvgIpc) is 2.80. The third-order valence-electron chi connectivity index (χ3n) is 5.47. The second-order valence-electron chi connectivity index (χ2n) is 7.88. The molecule has 0 radical (unpaired) electrons. The molecule has 0 heterocycles. The SMILES string of the molecule is CCOc1ccc([C@@H](C)NC(=O)CN(c2ccc(C)c(C)c2)S(=O)(=O)c2ccccc2)cc1. The number of rotatable bonds is 9. The summed E-state index contributed by atoms with van der Waals surface area (Å²) in [7, 11) is -3.94. The molecule has 3 aromatic rings. The van der Waals surface area contributed by atoms with Gasteiger partial charge in [0.1, 0.15) is 12.3 Å². The minimum atomic E-state index is -3.94. The van der Waals surface area contributed by atoms with Crippen molar-refractivity contribution in [2.45, 2.75) is 38.6 Å². The van der Waals surface area contributed by atoms with Crippen LogP contribution in [-0.2, 0) is 14.8 Å². The van der Waals surface area contributed by atoms with Crippen molar-refractivity contribution in [3.63, 3.8) is 0 Å². The summed E-state index contributed by atoms with van der Waals surface area (Å²) in [6.07, 6.45) is 0. The molecule has 33 heavy (non-hydrogen) atoms. The van der Waals surface area contributed by atoms with Crippen LogP contribution in [0.5, 0.6) is 5.75 Å².